The second-order valence-corrected chi connectivity index (χ2v) is 11.3. The van der Waals surface area contributed by atoms with Gasteiger partial charge >= 0.3 is 11.9 Å². The highest BCUT2D eigenvalue weighted by atomic mass is 16.5. The minimum atomic E-state index is -1.01. The Morgan fingerprint density at radius 3 is 2.44 bits per heavy atom. The Morgan fingerprint density at radius 2 is 1.84 bits per heavy atom. The van der Waals surface area contributed by atoms with Crippen LogP contribution in [0.4, 0.5) is 0 Å². The highest BCUT2D eigenvalue weighted by Gasteiger charge is 2.65. The molecule has 3 aliphatic carbocycles. The van der Waals surface area contributed by atoms with Crippen molar-refractivity contribution in [3.63, 3.8) is 0 Å². The van der Waals surface area contributed by atoms with Crippen LogP contribution in [0.5, 0.6) is 0 Å². The first-order chi connectivity index (χ1) is 14.8. The molecule has 6 heteroatoms. The lowest BCUT2D eigenvalue weighted by atomic mass is 9.38. The number of hydrogen-bond donors (Lipinski definition) is 1. The number of Topliss-reactive ketones (excluding diaryl/α,β-unsaturated/α-hetero) is 1. The van der Waals surface area contributed by atoms with Crippen LogP contribution in [-0.4, -0.2) is 42.1 Å². The smallest absolute Gasteiger partial charge is 0.306 e. The Balaban J connectivity index is 1.90. The van der Waals surface area contributed by atoms with E-state index in [-0.39, 0.29) is 58.9 Å². The van der Waals surface area contributed by atoms with Gasteiger partial charge in [0.1, 0.15) is 0 Å². The van der Waals surface area contributed by atoms with Crippen LogP contribution in [0.1, 0.15) is 86.0 Å². The van der Waals surface area contributed by atoms with E-state index in [2.05, 4.69) is 40.7 Å². The highest BCUT2D eigenvalue weighted by Crippen LogP contribution is 2.69. The summed E-state index contributed by atoms with van der Waals surface area (Å²) in [6.07, 6.45) is 7.00. The number of hydrogen-bond acceptors (Lipinski definition) is 5. The van der Waals surface area contributed by atoms with Gasteiger partial charge in [0.25, 0.3) is 0 Å². The molecule has 0 aromatic heterocycles. The molecule has 0 unspecified atom stereocenters. The first-order valence-corrected chi connectivity index (χ1v) is 12.0. The maximum Gasteiger partial charge on any atom is 0.306 e. The van der Waals surface area contributed by atoms with Crippen LogP contribution in [0.15, 0.2) is 11.6 Å². The molecule has 0 amide bonds. The molecule has 2 fully saturated rings. The molecule has 3 aliphatic rings. The minimum absolute atomic E-state index is 0.0793. The number of carboxylic acids is 1. The molecule has 0 bridgehead atoms. The van der Waals surface area contributed by atoms with Crippen LogP contribution in [0, 0.1) is 28.1 Å². The average Bonchev–Trinajstić information content (AvgIpc) is 2.73. The van der Waals surface area contributed by atoms with Crippen molar-refractivity contribution in [2.75, 3.05) is 13.7 Å². The molecule has 0 aromatic rings. The van der Waals surface area contributed by atoms with E-state index in [1.165, 1.54) is 0 Å². The fourth-order valence-electron chi connectivity index (χ4n) is 6.99. The van der Waals surface area contributed by atoms with E-state index in [0.29, 0.717) is 6.42 Å². The Kier molecular flexibility index (Phi) is 6.69. The van der Waals surface area contributed by atoms with Crippen molar-refractivity contribution < 1.29 is 29.0 Å². The number of carboxylic acid groups (broad SMARTS) is 1. The normalized spacial score (nSPS) is 39.2. The predicted molar refractivity (Wildman–Crippen MR) is 121 cm³/mol. The summed E-state index contributed by atoms with van der Waals surface area (Å²) in [6.45, 7) is 11.2. The summed E-state index contributed by atoms with van der Waals surface area (Å²) in [5.41, 5.74) is -0.175. The van der Waals surface area contributed by atoms with Crippen molar-refractivity contribution >= 4 is 17.7 Å². The summed E-state index contributed by atoms with van der Waals surface area (Å²) in [5, 5.41) is 8.83. The van der Waals surface area contributed by atoms with Gasteiger partial charge in [0.15, 0.2) is 5.78 Å². The van der Waals surface area contributed by atoms with Crippen LogP contribution in [-0.2, 0) is 23.9 Å². The summed E-state index contributed by atoms with van der Waals surface area (Å²) in [7, 11) is 1.74. The van der Waals surface area contributed by atoms with Crippen LogP contribution in [0.3, 0.4) is 0 Å². The van der Waals surface area contributed by atoms with Crippen LogP contribution >= 0.6 is 0 Å². The average molecular weight is 449 g/mol. The molecule has 180 valence electrons. The summed E-state index contributed by atoms with van der Waals surface area (Å²) < 4.78 is 11.5. The molecular weight excluding hydrogens is 408 g/mol. The molecule has 32 heavy (non-hydrogen) atoms. The molecule has 1 N–H and O–H groups in total. The molecule has 0 spiro atoms. The Morgan fingerprint density at radius 1 is 1.16 bits per heavy atom. The van der Waals surface area contributed by atoms with Crippen molar-refractivity contribution in [2.24, 2.45) is 28.1 Å². The van der Waals surface area contributed by atoms with E-state index in [9.17, 15) is 14.4 Å². The van der Waals surface area contributed by atoms with Gasteiger partial charge in [0.2, 0.25) is 0 Å². The maximum absolute atomic E-state index is 13.6. The zero-order valence-electron chi connectivity index (χ0n) is 20.6. The third-order valence-electron chi connectivity index (χ3n) is 9.67. The van der Waals surface area contributed by atoms with Crippen molar-refractivity contribution in [3.05, 3.63) is 11.6 Å². The molecule has 0 saturated heterocycles. The van der Waals surface area contributed by atoms with Gasteiger partial charge in [-0.2, -0.15) is 0 Å². The van der Waals surface area contributed by atoms with Crippen LogP contribution in [0.2, 0.25) is 0 Å². The molecule has 6 nitrogen and oxygen atoms in total. The number of fused-ring (bicyclic) bond motifs is 3. The standard InChI is InChI=1S/C26H40O6/c1-17(2)26(31-6)13-10-19-18(14-26)20(27)15-25(5)23(3,11-7-12-24(19,25)4)16-32-22(30)9-8-21(28)29/h14,17,19H,7-13,15-16H2,1-6H3,(H,28,29)/t19-,23-,24+,25-,26-/m0/s1. The van der Waals surface area contributed by atoms with Gasteiger partial charge in [0.05, 0.1) is 25.0 Å². The summed E-state index contributed by atoms with van der Waals surface area (Å²) >= 11 is 0. The minimum Gasteiger partial charge on any atom is -0.481 e. The maximum atomic E-state index is 13.6. The lowest BCUT2D eigenvalue weighted by molar-refractivity contribution is -0.184. The number of methoxy groups -OCH3 is 1. The first-order valence-electron chi connectivity index (χ1n) is 12.0. The summed E-state index contributed by atoms with van der Waals surface area (Å²) in [4.78, 5) is 36.5. The molecular formula is C26H40O6. The van der Waals surface area contributed by atoms with E-state index < -0.39 is 11.9 Å². The van der Waals surface area contributed by atoms with Gasteiger partial charge in [-0.25, -0.2) is 0 Å². The van der Waals surface area contributed by atoms with E-state index in [4.69, 9.17) is 14.6 Å². The topological polar surface area (TPSA) is 89.9 Å². The highest BCUT2D eigenvalue weighted by molar-refractivity contribution is 5.98. The summed E-state index contributed by atoms with van der Waals surface area (Å²) in [6, 6.07) is 0. The van der Waals surface area contributed by atoms with E-state index >= 15 is 0 Å². The number of allylic oxidation sites excluding steroid dienone is 1. The van der Waals surface area contributed by atoms with E-state index in [0.717, 1.165) is 37.7 Å². The molecule has 2 saturated carbocycles. The quantitative estimate of drug-likeness (QED) is 0.555. The fraction of sp³-hybridized carbons (Fsp3) is 0.808. The zero-order chi connectivity index (χ0) is 23.9. The van der Waals surface area contributed by atoms with Gasteiger partial charge in [0, 0.05) is 18.9 Å². The Bertz CT molecular complexity index is 815. The molecule has 5 atom stereocenters. The molecule has 0 heterocycles. The SMILES string of the molecule is CO[C@]1(C(C)C)C=C2C(=O)C[C@@]3(C)[C@](C)(COC(=O)CCC(=O)O)CCC[C@]3(C)[C@H]2CC1. The van der Waals surface area contributed by atoms with Crippen molar-refractivity contribution in [3.8, 4) is 0 Å². The fourth-order valence-corrected chi connectivity index (χ4v) is 6.99. The summed E-state index contributed by atoms with van der Waals surface area (Å²) in [5.74, 6) is -0.822. The van der Waals surface area contributed by atoms with E-state index in [1.807, 2.05) is 0 Å². The lowest BCUT2D eigenvalue weighted by Gasteiger charge is -2.66. The van der Waals surface area contributed by atoms with Crippen molar-refractivity contribution in [2.45, 2.75) is 91.6 Å². The number of ether oxygens (including phenoxy) is 2. The van der Waals surface area contributed by atoms with Crippen LogP contribution < -0.4 is 0 Å². The third-order valence-corrected chi connectivity index (χ3v) is 9.67. The van der Waals surface area contributed by atoms with Gasteiger partial charge in [-0.1, -0.05) is 41.0 Å². The van der Waals surface area contributed by atoms with Gasteiger partial charge in [-0.15, -0.1) is 0 Å². The Hall–Kier alpha value is -1.69. The number of esters is 1. The van der Waals surface area contributed by atoms with Gasteiger partial charge < -0.3 is 14.6 Å². The molecule has 0 radical (unpaired) electrons. The van der Waals surface area contributed by atoms with Crippen molar-refractivity contribution in [1.29, 1.82) is 0 Å². The number of carbonyl (C=O) groups excluding carboxylic acids is 2. The number of ketones is 1. The largest absolute Gasteiger partial charge is 0.481 e. The van der Waals surface area contributed by atoms with Crippen molar-refractivity contribution in [1.82, 2.24) is 0 Å². The molecule has 0 aliphatic heterocycles. The predicted octanol–water partition coefficient (Wildman–Crippen LogP) is 4.95. The third kappa shape index (κ3) is 3.82. The van der Waals surface area contributed by atoms with E-state index in [1.54, 1.807) is 7.11 Å². The molecule has 3 rings (SSSR count). The lowest BCUT2D eigenvalue weighted by Crippen LogP contribution is -2.62. The second kappa shape index (κ2) is 8.58. The molecule has 0 aromatic carbocycles. The van der Waals surface area contributed by atoms with Crippen LogP contribution in [0.25, 0.3) is 0 Å². The number of carbonyl (C=O) groups is 3. The Labute approximate surface area is 192 Å². The van der Waals surface area contributed by atoms with Gasteiger partial charge in [-0.3, -0.25) is 14.4 Å². The first kappa shape index (κ1) is 24.9. The zero-order valence-corrected chi connectivity index (χ0v) is 20.6. The second-order valence-electron chi connectivity index (χ2n) is 11.3. The monoisotopic (exact) mass is 448 g/mol. The number of aliphatic carboxylic acids is 1. The van der Waals surface area contributed by atoms with Gasteiger partial charge in [-0.05, 0) is 60.0 Å². The number of rotatable bonds is 7.